The molecule has 1 aliphatic rings. The second-order valence-electron chi connectivity index (χ2n) is 6.12. The van der Waals surface area contributed by atoms with Crippen LogP contribution in [0.25, 0.3) is 0 Å². The lowest BCUT2D eigenvalue weighted by Gasteiger charge is -2.41. The molecule has 21 heavy (non-hydrogen) atoms. The van der Waals surface area contributed by atoms with Gasteiger partial charge < -0.3 is 10.3 Å². The molecular formula is C16H29N5. The molecule has 1 aliphatic heterocycles. The van der Waals surface area contributed by atoms with Crippen LogP contribution in [0.1, 0.15) is 58.7 Å². The van der Waals surface area contributed by atoms with Crippen LogP contribution in [0.3, 0.4) is 0 Å². The van der Waals surface area contributed by atoms with E-state index in [9.17, 15) is 0 Å². The molecule has 0 spiro atoms. The summed E-state index contributed by atoms with van der Waals surface area (Å²) in [6, 6.07) is 1.96. The third kappa shape index (κ3) is 3.64. The second-order valence-corrected chi connectivity index (χ2v) is 6.12. The van der Waals surface area contributed by atoms with Crippen LogP contribution in [0.2, 0.25) is 0 Å². The summed E-state index contributed by atoms with van der Waals surface area (Å²) >= 11 is 0. The first kappa shape index (κ1) is 16.0. The van der Waals surface area contributed by atoms with E-state index in [0.29, 0.717) is 11.2 Å². The van der Waals surface area contributed by atoms with Crippen molar-refractivity contribution < 1.29 is 0 Å². The minimum atomic E-state index is 0.532. The van der Waals surface area contributed by atoms with Gasteiger partial charge in [-0.1, -0.05) is 33.6 Å². The summed E-state index contributed by atoms with van der Waals surface area (Å²) in [5, 5.41) is 0. The van der Waals surface area contributed by atoms with Crippen LogP contribution < -0.4 is 16.2 Å². The van der Waals surface area contributed by atoms with Crippen molar-refractivity contribution in [2.24, 2.45) is 11.3 Å². The van der Waals surface area contributed by atoms with Gasteiger partial charge in [-0.3, -0.25) is 0 Å². The molecule has 2 heterocycles. The first-order valence-corrected chi connectivity index (χ1v) is 8.26. The molecule has 0 atom stereocenters. The Morgan fingerprint density at radius 1 is 1.19 bits per heavy atom. The highest BCUT2D eigenvalue weighted by Gasteiger charge is 2.31. The van der Waals surface area contributed by atoms with Gasteiger partial charge in [0, 0.05) is 25.6 Å². The summed E-state index contributed by atoms with van der Waals surface area (Å²) in [6.07, 6.45) is 6.99. The van der Waals surface area contributed by atoms with Gasteiger partial charge in [-0.25, -0.2) is 15.8 Å². The standard InChI is InChI=1S/C16H29N5/c1-4-7-13-18-14(20-17)12-15(19-13)21-10-8-16(5-2,6-3)9-11-21/h12H,4-11,17H2,1-3H3,(H,18,19,20). The Labute approximate surface area is 128 Å². The van der Waals surface area contributed by atoms with Gasteiger partial charge in [-0.15, -0.1) is 0 Å². The molecule has 118 valence electrons. The van der Waals surface area contributed by atoms with Crippen LogP contribution in [-0.4, -0.2) is 23.1 Å². The number of aromatic nitrogens is 2. The number of hydrogen-bond donors (Lipinski definition) is 2. The van der Waals surface area contributed by atoms with Gasteiger partial charge in [0.05, 0.1) is 0 Å². The number of nitrogen functional groups attached to an aromatic ring is 1. The third-order valence-electron chi connectivity index (χ3n) is 5.03. The SMILES string of the molecule is CCCc1nc(NN)cc(N2CCC(CC)(CC)CC2)n1. The Kier molecular flexibility index (Phi) is 5.39. The molecule has 0 amide bonds. The molecule has 0 unspecified atom stereocenters. The fourth-order valence-electron chi connectivity index (χ4n) is 3.22. The number of nitrogens with one attached hydrogen (secondary N) is 1. The number of hydrogen-bond acceptors (Lipinski definition) is 5. The molecule has 2 rings (SSSR count). The summed E-state index contributed by atoms with van der Waals surface area (Å²) in [5.74, 6) is 8.15. The van der Waals surface area contributed by atoms with E-state index in [1.165, 1.54) is 25.7 Å². The van der Waals surface area contributed by atoms with Gasteiger partial charge in [0.1, 0.15) is 17.5 Å². The molecule has 5 nitrogen and oxygen atoms in total. The van der Waals surface area contributed by atoms with Gasteiger partial charge in [-0.2, -0.15) is 0 Å². The Balaban J connectivity index is 2.14. The van der Waals surface area contributed by atoms with Crippen molar-refractivity contribution in [3.63, 3.8) is 0 Å². The first-order valence-electron chi connectivity index (χ1n) is 8.26. The summed E-state index contributed by atoms with van der Waals surface area (Å²) in [4.78, 5) is 11.5. The number of nitrogens with zero attached hydrogens (tertiary/aromatic N) is 3. The predicted molar refractivity (Wildman–Crippen MR) is 88.3 cm³/mol. The molecule has 0 aromatic carbocycles. The van der Waals surface area contributed by atoms with E-state index in [4.69, 9.17) is 10.8 Å². The van der Waals surface area contributed by atoms with Gasteiger partial charge in [0.25, 0.3) is 0 Å². The Morgan fingerprint density at radius 2 is 1.86 bits per heavy atom. The van der Waals surface area contributed by atoms with Crippen molar-refractivity contribution in [3.8, 4) is 0 Å². The first-order chi connectivity index (χ1) is 10.2. The number of nitrogens with two attached hydrogens (primary N) is 1. The fraction of sp³-hybridized carbons (Fsp3) is 0.750. The van der Waals surface area contributed by atoms with E-state index < -0.39 is 0 Å². The van der Waals surface area contributed by atoms with E-state index in [-0.39, 0.29) is 0 Å². The summed E-state index contributed by atoms with van der Waals surface area (Å²) in [5.41, 5.74) is 3.20. The molecule has 0 bridgehead atoms. The maximum atomic E-state index is 5.54. The fourth-order valence-corrected chi connectivity index (χ4v) is 3.22. The van der Waals surface area contributed by atoms with Crippen LogP contribution in [0.15, 0.2) is 6.07 Å². The average molecular weight is 291 g/mol. The molecule has 1 saturated heterocycles. The van der Waals surface area contributed by atoms with Crippen LogP contribution in [0.5, 0.6) is 0 Å². The lowest BCUT2D eigenvalue weighted by molar-refractivity contribution is 0.199. The van der Waals surface area contributed by atoms with Gasteiger partial charge in [-0.05, 0) is 24.7 Å². The maximum absolute atomic E-state index is 5.54. The van der Waals surface area contributed by atoms with Crippen LogP contribution in [-0.2, 0) is 6.42 Å². The van der Waals surface area contributed by atoms with Crippen molar-refractivity contribution in [2.45, 2.75) is 59.3 Å². The second kappa shape index (κ2) is 7.07. The van der Waals surface area contributed by atoms with Crippen molar-refractivity contribution >= 4 is 11.6 Å². The highest BCUT2D eigenvalue weighted by atomic mass is 15.3. The van der Waals surface area contributed by atoms with Gasteiger partial charge in [0.15, 0.2) is 0 Å². The zero-order chi connectivity index (χ0) is 15.3. The summed E-state index contributed by atoms with van der Waals surface area (Å²) in [6.45, 7) is 8.94. The van der Waals surface area contributed by atoms with Crippen LogP contribution in [0, 0.1) is 5.41 Å². The van der Waals surface area contributed by atoms with Crippen LogP contribution in [0.4, 0.5) is 11.6 Å². The van der Waals surface area contributed by atoms with E-state index in [2.05, 4.69) is 36.1 Å². The summed E-state index contributed by atoms with van der Waals surface area (Å²) < 4.78 is 0. The molecule has 1 aromatic heterocycles. The summed E-state index contributed by atoms with van der Waals surface area (Å²) in [7, 11) is 0. The molecule has 0 aliphatic carbocycles. The molecule has 5 heteroatoms. The van der Waals surface area contributed by atoms with Crippen molar-refractivity contribution in [1.82, 2.24) is 9.97 Å². The Morgan fingerprint density at radius 3 is 2.38 bits per heavy atom. The molecule has 3 N–H and O–H groups in total. The van der Waals surface area contributed by atoms with E-state index in [1.54, 1.807) is 0 Å². The third-order valence-corrected chi connectivity index (χ3v) is 5.03. The number of hydrazine groups is 1. The van der Waals surface area contributed by atoms with Crippen molar-refractivity contribution in [2.75, 3.05) is 23.4 Å². The monoisotopic (exact) mass is 291 g/mol. The molecule has 1 fully saturated rings. The number of anilines is 2. The smallest absolute Gasteiger partial charge is 0.145 e. The van der Waals surface area contributed by atoms with Crippen molar-refractivity contribution in [3.05, 3.63) is 11.9 Å². The van der Waals surface area contributed by atoms with E-state index >= 15 is 0 Å². The van der Waals surface area contributed by atoms with E-state index in [0.717, 1.165) is 37.6 Å². The van der Waals surface area contributed by atoms with E-state index in [1.807, 2.05) is 6.07 Å². The molecule has 1 aromatic rings. The minimum absolute atomic E-state index is 0.532. The Bertz CT molecular complexity index is 446. The Hall–Kier alpha value is -1.36. The molecular weight excluding hydrogens is 262 g/mol. The lowest BCUT2D eigenvalue weighted by Crippen LogP contribution is -2.40. The zero-order valence-electron chi connectivity index (χ0n) is 13.7. The highest BCUT2D eigenvalue weighted by Crippen LogP contribution is 2.38. The van der Waals surface area contributed by atoms with Crippen molar-refractivity contribution in [1.29, 1.82) is 0 Å². The topological polar surface area (TPSA) is 67.1 Å². The minimum Gasteiger partial charge on any atom is -0.356 e. The average Bonchev–Trinajstić information content (AvgIpc) is 2.55. The lowest BCUT2D eigenvalue weighted by atomic mass is 9.74. The highest BCUT2D eigenvalue weighted by molar-refractivity contribution is 5.49. The number of aryl methyl sites for hydroxylation is 1. The molecule has 0 radical (unpaired) electrons. The zero-order valence-corrected chi connectivity index (χ0v) is 13.7. The quantitative estimate of drug-likeness (QED) is 0.622. The number of rotatable bonds is 6. The van der Waals surface area contributed by atoms with Gasteiger partial charge >= 0.3 is 0 Å². The largest absolute Gasteiger partial charge is 0.356 e. The predicted octanol–water partition coefficient (Wildman–Crippen LogP) is 3.12. The van der Waals surface area contributed by atoms with Gasteiger partial charge in [0.2, 0.25) is 0 Å². The number of piperidine rings is 1. The maximum Gasteiger partial charge on any atom is 0.145 e. The normalized spacial score (nSPS) is 17.8. The van der Waals surface area contributed by atoms with Crippen LogP contribution >= 0.6 is 0 Å². The molecule has 0 saturated carbocycles.